The van der Waals surface area contributed by atoms with Crippen LogP contribution in [0.4, 0.5) is 8.78 Å². The number of thiazole rings is 1. The van der Waals surface area contributed by atoms with Crippen LogP contribution in [0.3, 0.4) is 0 Å². The number of benzene rings is 2. The molecule has 0 amide bonds. The molecular weight excluding hydrogens is 526 g/mol. The third-order valence-corrected chi connectivity index (χ3v) is 7.84. The zero-order chi connectivity index (χ0) is 26.9. The van der Waals surface area contributed by atoms with Crippen molar-refractivity contribution in [2.24, 2.45) is 0 Å². The summed E-state index contributed by atoms with van der Waals surface area (Å²) in [4.78, 5) is 23.2. The van der Waals surface area contributed by atoms with Crippen LogP contribution in [-0.2, 0) is 24.4 Å². The van der Waals surface area contributed by atoms with Crippen molar-refractivity contribution in [2.75, 3.05) is 19.7 Å². The first-order valence-electron chi connectivity index (χ1n) is 12.7. The monoisotopic (exact) mass is 552 g/mol. The van der Waals surface area contributed by atoms with E-state index in [0.29, 0.717) is 24.8 Å². The summed E-state index contributed by atoms with van der Waals surface area (Å²) in [5.41, 5.74) is 4.05. The van der Waals surface area contributed by atoms with Crippen LogP contribution in [0.15, 0.2) is 47.9 Å². The van der Waals surface area contributed by atoms with Crippen LogP contribution >= 0.6 is 11.3 Å². The lowest BCUT2D eigenvalue weighted by molar-refractivity contribution is -0.0591. The highest BCUT2D eigenvalue weighted by Gasteiger charge is 2.24. The molecular formula is C28H26F2N4O4S. The van der Waals surface area contributed by atoms with E-state index in [4.69, 9.17) is 14.5 Å². The molecule has 2 aromatic carbocycles. The number of nitrogens with zero attached hydrogens (tertiary/aromatic N) is 4. The fourth-order valence-corrected chi connectivity index (χ4v) is 5.49. The Balaban J connectivity index is 1.13. The molecule has 1 N–H and O–H groups in total. The van der Waals surface area contributed by atoms with E-state index >= 15 is 0 Å². The molecule has 4 aromatic rings. The predicted octanol–water partition coefficient (Wildman–Crippen LogP) is 5.13. The van der Waals surface area contributed by atoms with Gasteiger partial charge in [-0.2, -0.15) is 0 Å². The molecule has 1 atom stereocenters. The van der Waals surface area contributed by atoms with Crippen LogP contribution in [0.5, 0.6) is 5.19 Å². The minimum absolute atomic E-state index is 0.0211. The summed E-state index contributed by atoms with van der Waals surface area (Å²) in [5.74, 6) is -1.34. The number of carbonyl (C=O) groups is 1. The molecule has 2 aromatic heterocycles. The van der Waals surface area contributed by atoms with Crippen LogP contribution in [0.25, 0.3) is 16.6 Å². The maximum absolute atomic E-state index is 13.9. The maximum atomic E-state index is 13.9. The summed E-state index contributed by atoms with van der Waals surface area (Å²) >= 11 is 1.34. The molecule has 2 aliphatic rings. The van der Waals surface area contributed by atoms with Crippen molar-refractivity contribution >= 4 is 33.9 Å². The van der Waals surface area contributed by atoms with Gasteiger partial charge in [0.25, 0.3) is 5.19 Å². The molecule has 11 heteroatoms. The molecule has 0 bridgehead atoms. The van der Waals surface area contributed by atoms with Crippen molar-refractivity contribution in [3.8, 4) is 5.19 Å². The van der Waals surface area contributed by atoms with Gasteiger partial charge in [0.2, 0.25) is 0 Å². The van der Waals surface area contributed by atoms with E-state index in [-0.39, 0.29) is 23.8 Å². The summed E-state index contributed by atoms with van der Waals surface area (Å²) < 4.78 is 40.4. The molecule has 8 nitrogen and oxygen atoms in total. The number of hydrogen-bond acceptors (Lipinski definition) is 7. The Morgan fingerprint density at radius 2 is 2.08 bits per heavy atom. The number of aromatic nitrogens is 3. The molecule has 2 aliphatic heterocycles. The highest BCUT2D eigenvalue weighted by atomic mass is 32.1. The number of imidazole rings is 1. The number of ether oxygens (including phenoxy) is 2. The third kappa shape index (κ3) is 5.56. The van der Waals surface area contributed by atoms with E-state index in [1.807, 2.05) is 5.38 Å². The van der Waals surface area contributed by atoms with Crippen LogP contribution in [0.2, 0.25) is 0 Å². The molecule has 1 fully saturated rings. The first-order valence-corrected chi connectivity index (χ1v) is 13.6. The molecule has 4 heterocycles. The van der Waals surface area contributed by atoms with Crippen LogP contribution < -0.4 is 4.74 Å². The van der Waals surface area contributed by atoms with Gasteiger partial charge in [-0.25, -0.2) is 23.5 Å². The molecule has 0 spiro atoms. The van der Waals surface area contributed by atoms with Crippen molar-refractivity contribution in [3.05, 3.63) is 82.1 Å². The van der Waals surface area contributed by atoms with E-state index in [1.165, 1.54) is 23.5 Å². The van der Waals surface area contributed by atoms with Crippen molar-refractivity contribution in [2.45, 2.75) is 38.6 Å². The predicted molar refractivity (Wildman–Crippen MR) is 142 cm³/mol. The van der Waals surface area contributed by atoms with Crippen LogP contribution in [0.1, 0.15) is 40.3 Å². The zero-order valence-electron chi connectivity index (χ0n) is 21.0. The molecule has 202 valence electrons. The molecule has 1 saturated heterocycles. The van der Waals surface area contributed by atoms with Crippen molar-refractivity contribution in [3.63, 3.8) is 0 Å². The topological polar surface area (TPSA) is 89.7 Å². The van der Waals surface area contributed by atoms with Gasteiger partial charge in [-0.05, 0) is 48.7 Å². The van der Waals surface area contributed by atoms with Crippen molar-refractivity contribution < 1.29 is 28.2 Å². The molecule has 0 aliphatic carbocycles. The normalized spacial score (nSPS) is 17.7. The average molecular weight is 553 g/mol. The molecule has 0 saturated carbocycles. The average Bonchev–Trinajstić information content (AvgIpc) is 3.50. The number of aromatic carboxylic acids is 1. The minimum atomic E-state index is -0.960. The Labute approximate surface area is 227 Å². The van der Waals surface area contributed by atoms with E-state index in [2.05, 4.69) is 20.5 Å². The second-order valence-electron chi connectivity index (χ2n) is 9.67. The van der Waals surface area contributed by atoms with Crippen molar-refractivity contribution in [1.82, 2.24) is 19.4 Å². The van der Waals surface area contributed by atoms with Crippen LogP contribution in [-0.4, -0.2) is 56.3 Å². The summed E-state index contributed by atoms with van der Waals surface area (Å²) in [6, 6.07) is 8.46. The van der Waals surface area contributed by atoms with Gasteiger partial charge in [-0.1, -0.05) is 17.4 Å². The standard InChI is InChI=1S/C28H26F2N4O4S/c29-20-3-1-19(22(30)12-20)15-38-28-32-24(16-39-28)17-5-8-33(9-6-17)14-26-31-23-4-2-18(27(35)36)11-25(23)34(26)13-21-7-10-37-21/h1-5,11-12,16,21H,6-10,13-15H2,(H,35,36). The quantitative estimate of drug-likeness (QED) is 0.308. The Hall–Kier alpha value is -3.67. The number of fused-ring (bicyclic) bond motifs is 1. The second kappa shape index (κ2) is 10.8. The minimum Gasteiger partial charge on any atom is -0.478 e. The Morgan fingerprint density at radius 1 is 1.21 bits per heavy atom. The van der Waals surface area contributed by atoms with E-state index in [1.54, 1.807) is 18.2 Å². The fraction of sp³-hybridized carbons (Fsp3) is 0.321. The molecule has 0 radical (unpaired) electrons. The molecule has 6 rings (SSSR count). The number of carboxylic acids is 1. The van der Waals surface area contributed by atoms with Gasteiger partial charge >= 0.3 is 5.97 Å². The van der Waals surface area contributed by atoms with Gasteiger partial charge in [-0.15, -0.1) is 0 Å². The van der Waals surface area contributed by atoms with Gasteiger partial charge < -0.3 is 19.1 Å². The van der Waals surface area contributed by atoms with E-state index < -0.39 is 17.6 Å². The second-order valence-corrected chi connectivity index (χ2v) is 10.5. The van der Waals surface area contributed by atoms with Gasteiger partial charge in [0.15, 0.2) is 0 Å². The summed E-state index contributed by atoms with van der Waals surface area (Å²) in [7, 11) is 0. The lowest BCUT2D eigenvalue weighted by Gasteiger charge is -2.29. The molecule has 1 unspecified atom stereocenters. The summed E-state index contributed by atoms with van der Waals surface area (Å²) in [5, 5.41) is 11.8. The lowest BCUT2D eigenvalue weighted by atomic mass is 10.1. The molecule has 39 heavy (non-hydrogen) atoms. The Kier molecular flexibility index (Phi) is 7.11. The van der Waals surface area contributed by atoms with E-state index in [9.17, 15) is 18.7 Å². The number of halogens is 2. The fourth-order valence-electron chi connectivity index (χ4n) is 4.80. The highest BCUT2D eigenvalue weighted by molar-refractivity contribution is 7.11. The zero-order valence-corrected chi connectivity index (χ0v) is 21.8. The first-order chi connectivity index (χ1) is 18.9. The SMILES string of the molecule is O=C(O)c1ccc2nc(CN3CC=C(c4csc(OCc5ccc(F)cc5F)n4)CC3)n(CC3CCO3)c2c1. The van der Waals surface area contributed by atoms with Gasteiger partial charge in [0.1, 0.15) is 24.1 Å². The van der Waals surface area contributed by atoms with Crippen LogP contribution in [0, 0.1) is 11.6 Å². The summed E-state index contributed by atoms with van der Waals surface area (Å²) in [6.45, 7) is 3.53. The van der Waals surface area contributed by atoms with Gasteiger partial charge in [0, 0.05) is 36.7 Å². The van der Waals surface area contributed by atoms with Gasteiger partial charge in [0.05, 0.1) is 41.5 Å². The smallest absolute Gasteiger partial charge is 0.335 e. The largest absolute Gasteiger partial charge is 0.478 e. The highest BCUT2D eigenvalue weighted by Crippen LogP contribution is 2.29. The Bertz CT molecular complexity index is 1560. The number of rotatable bonds is 9. The maximum Gasteiger partial charge on any atom is 0.335 e. The number of carboxylic acid groups (broad SMARTS) is 1. The van der Waals surface area contributed by atoms with Crippen molar-refractivity contribution in [1.29, 1.82) is 0 Å². The third-order valence-electron chi connectivity index (χ3n) is 7.09. The van der Waals surface area contributed by atoms with E-state index in [0.717, 1.165) is 60.2 Å². The Morgan fingerprint density at radius 3 is 2.79 bits per heavy atom. The number of hydrogen-bond donors (Lipinski definition) is 1. The lowest BCUT2D eigenvalue weighted by Crippen LogP contribution is -2.33. The first kappa shape index (κ1) is 25.6. The van der Waals surface area contributed by atoms with Gasteiger partial charge in [-0.3, -0.25) is 4.90 Å². The summed E-state index contributed by atoms with van der Waals surface area (Å²) in [6.07, 6.45) is 4.03.